The van der Waals surface area contributed by atoms with Crippen molar-refractivity contribution in [2.24, 2.45) is 0 Å². The summed E-state index contributed by atoms with van der Waals surface area (Å²) in [4.78, 5) is 26.1. The van der Waals surface area contributed by atoms with Gasteiger partial charge in [0.25, 0.3) is 0 Å². The molecule has 184 valence electrons. The third kappa shape index (κ3) is 4.39. The summed E-state index contributed by atoms with van der Waals surface area (Å²) in [6, 6.07) is 9.75. The maximum atomic E-state index is 15.0. The predicted octanol–water partition coefficient (Wildman–Crippen LogP) is 5.17. The number of fused-ring (bicyclic) bond motifs is 3. The van der Waals surface area contributed by atoms with Crippen LogP contribution in [0.1, 0.15) is 31.7 Å². The Hall–Kier alpha value is -0.920. The second-order valence-electron chi connectivity index (χ2n) is 8.21. The summed E-state index contributed by atoms with van der Waals surface area (Å²) in [6.07, 6.45) is 0.979. The first-order valence-corrected chi connectivity index (χ1v) is 17.8. The van der Waals surface area contributed by atoms with Gasteiger partial charge in [-0.1, -0.05) is 0 Å². The first-order chi connectivity index (χ1) is 16.1. The molecule has 0 bridgehead atoms. The molecular weight excluding hydrogens is 707 g/mol. The second kappa shape index (κ2) is 10.2. The third-order valence-electron chi connectivity index (χ3n) is 6.29. The Morgan fingerprint density at radius 2 is 2.03 bits per heavy atom. The molecule has 5 nitrogen and oxygen atoms in total. The molecule has 34 heavy (non-hydrogen) atoms. The Morgan fingerprint density at radius 1 is 1.32 bits per heavy atom. The van der Waals surface area contributed by atoms with Crippen LogP contribution in [0.3, 0.4) is 0 Å². The number of ether oxygens (including phenoxy) is 1. The number of amides is 1. The van der Waals surface area contributed by atoms with Crippen LogP contribution < -0.4 is 10.1 Å². The Morgan fingerprint density at radius 3 is 2.71 bits per heavy atom. The fourth-order valence-electron chi connectivity index (χ4n) is 4.82. The molecule has 1 saturated heterocycles. The number of benzene rings is 2. The molecule has 2 aromatic rings. The van der Waals surface area contributed by atoms with E-state index in [0.29, 0.717) is 39.3 Å². The van der Waals surface area contributed by atoms with Gasteiger partial charge in [-0.3, -0.25) is 0 Å². The van der Waals surface area contributed by atoms with Crippen molar-refractivity contribution in [3.63, 3.8) is 0 Å². The molecule has 0 aliphatic carbocycles. The zero-order valence-corrected chi connectivity index (χ0v) is 24.4. The fourth-order valence-corrected chi connectivity index (χ4v) is 17.2. The summed E-state index contributed by atoms with van der Waals surface area (Å²) in [7, 11) is -3.08. The zero-order valence-electron chi connectivity index (χ0n) is 18.5. The topological polar surface area (TPSA) is 72.5 Å². The van der Waals surface area contributed by atoms with Crippen LogP contribution in [0.5, 0.6) is 5.75 Å². The molecule has 3 atom stereocenters. The van der Waals surface area contributed by atoms with Gasteiger partial charge in [0.1, 0.15) is 0 Å². The van der Waals surface area contributed by atoms with Crippen LogP contribution >= 0.6 is 54.0 Å². The summed E-state index contributed by atoms with van der Waals surface area (Å²) in [5, 5.41) is 3.20. The molecule has 1 fully saturated rings. The van der Waals surface area contributed by atoms with Crippen LogP contribution in [0.15, 0.2) is 41.3 Å². The number of nitrogens with one attached hydrogen (secondary N) is 1. The van der Waals surface area contributed by atoms with Crippen molar-refractivity contribution in [1.82, 2.24) is 5.32 Å². The number of hydrogen-bond acceptors (Lipinski definition) is 4. The van der Waals surface area contributed by atoms with E-state index in [-0.39, 0.29) is 32.4 Å². The summed E-state index contributed by atoms with van der Waals surface area (Å²) in [5.74, 6) is 3.55. The minimum atomic E-state index is -3.08. The van der Waals surface area contributed by atoms with E-state index >= 15 is 0 Å². The number of carbonyl (C=O) groups is 2. The predicted molar refractivity (Wildman–Crippen MR) is 151 cm³/mol. The monoisotopic (exact) mass is 731 g/mol. The molecule has 0 spiro atoms. The van der Waals surface area contributed by atoms with Gasteiger partial charge >= 0.3 is 227 Å². The molecule has 2 aliphatic rings. The summed E-state index contributed by atoms with van der Waals surface area (Å²) in [6.45, 7) is 2.35. The zero-order chi connectivity index (χ0) is 24.7. The van der Waals surface area contributed by atoms with Gasteiger partial charge in [0, 0.05) is 0 Å². The first kappa shape index (κ1) is 26.2. The number of alkyl halides is 2. The van der Waals surface area contributed by atoms with Gasteiger partial charge in [-0.05, 0) is 0 Å². The van der Waals surface area contributed by atoms with Gasteiger partial charge in [-0.2, -0.15) is 0 Å². The number of carbonyl (C=O) groups excluding carboxylic acids is 2. The molecule has 0 radical (unpaired) electrons. The van der Waals surface area contributed by atoms with Gasteiger partial charge in [0.05, 0.1) is 0 Å². The number of rotatable bonds is 6. The van der Waals surface area contributed by atoms with E-state index in [1.54, 1.807) is 37.3 Å². The molecule has 10 heteroatoms. The Balaban J connectivity index is 1.91. The van der Waals surface area contributed by atoms with Gasteiger partial charge in [0.2, 0.25) is 0 Å². The summed E-state index contributed by atoms with van der Waals surface area (Å²) >= 11 is 5.66. The Labute approximate surface area is 225 Å². The Kier molecular flexibility index (Phi) is 7.86. The van der Waals surface area contributed by atoms with E-state index in [2.05, 4.69) is 33.8 Å². The van der Waals surface area contributed by atoms with E-state index in [1.165, 1.54) is 6.07 Å². The molecule has 2 heterocycles. The van der Waals surface area contributed by atoms with Crippen LogP contribution in [0.25, 0.3) is 0 Å². The van der Waals surface area contributed by atoms with E-state index < -0.39 is 39.9 Å². The van der Waals surface area contributed by atoms with Crippen molar-refractivity contribution in [3.8, 4) is 5.75 Å². The van der Waals surface area contributed by atoms with E-state index in [9.17, 15) is 18.2 Å². The summed E-state index contributed by atoms with van der Waals surface area (Å²) < 4.78 is 35.7. The maximum absolute atomic E-state index is 15.0. The van der Waals surface area contributed by atoms with Crippen molar-refractivity contribution in [3.05, 3.63) is 56.4 Å². The standard InChI is InChI=1S/C24H25ClFI2NO4S/c1-3-29-21(31)13-20(30)28-12-4-11-24(34(2,32)16-7-5-15(25)6-8-16)19(28)14-33-23-17(26)9-10-18(27)22(23)24/h5-10,19H,2-4,11-14H2,1H3,(H,29,31)/t19-,24+,34?/m0/s1. The molecule has 0 saturated carbocycles. The Bertz CT molecular complexity index is 1240. The fraction of sp³-hybridized carbons (Fsp3) is 0.375. The van der Waals surface area contributed by atoms with Gasteiger partial charge in [-0.15, -0.1) is 0 Å². The number of hydrogen-bond donors (Lipinski definition) is 1. The first-order valence-electron chi connectivity index (χ1n) is 10.8. The van der Waals surface area contributed by atoms with Gasteiger partial charge in [-0.25, -0.2) is 0 Å². The van der Waals surface area contributed by atoms with Gasteiger partial charge < -0.3 is 0 Å². The number of halogens is 4. The quantitative estimate of drug-likeness (QED) is 0.147. The molecule has 4 rings (SSSR count). The minimum absolute atomic E-state index is 0.0611. The van der Waals surface area contributed by atoms with Gasteiger partial charge in [0.15, 0.2) is 0 Å². The molecule has 1 unspecified atom stereocenters. The average molecular weight is 732 g/mol. The van der Waals surface area contributed by atoms with Crippen LogP contribution in [0, 0.1) is 9.39 Å². The molecule has 0 aromatic heterocycles. The molecule has 1 amide bonds. The van der Waals surface area contributed by atoms with Crippen molar-refractivity contribution in [2.45, 2.75) is 39.8 Å². The third-order valence-corrected chi connectivity index (χ3v) is 17.9. The van der Waals surface area contributed by atoms with Crippen molar-refractivity contribution >= 4 is 79.1 Å². The van der Waals surface area contributed by atoms with E-state index in [1.807, 2.05) is 0 Å². The SMILES string of the molecule is C=S(=O)(c1ccc(Cl)cc1)[C@]12CCCI(C(=O)CC(=O)NCC)[C@H]1COc1c(F)ccc(I)c12. The van der Waals surface area contributed by atoms with Crippen molar-refractivity contribution < 1.29 is 22.9 Å². The second-order valence-corrected chi connectivity index (χ2v) is 18.4. The van der Waals surface area contributed by atoms with Crippen LogP contribution in [-0.4, -0.2) is 41.3 Å². The van der Waals surface area contributed by atoms with Crippen LogP contribution in [0.4, 0.5) is 4.39 Å². The molecule has 1 N–H and O–H groups in total. The van der Waals surface area contributed by atoms with Crippen molar-refractivity contribution in [2.75, 3.05) is 17.6 Å². The van der Waals surface area contributed by atoms with Crippen molar-refractivity contribution in [1.29, 1.82) is 0 Å². The normalized spacial score (nSPS) is 24.2. The average Bonchev–Trinajstić information content (AvgIpc) is 2.80. The molecule has 2 aromatic carbocycles. The molecule has 2 aliphatic heterocycles. The van der Waals surface area contributed by atoms with Crippen LogP contribution in [-0.2, 0) is 23.9 Å². The van der Waals surface area contributed by atoms with Crippen LogP contribution in [0.2, 0.25) is 5.02 Å². The summed E-state index contributed by atoms with van der Waals surface area (Å²) in [5.41, 5.74) is 0.548. The van der Waals surface area contributed by atoms with E-state index in [0.717, 1.165) is 3.57 Å². The molecular formula is C24H25ClFI2NO4S. The van der Waals surface area contributed by atoms with E-state index in [4.69, 9.17) is 16.3 Å².